The molecule has 0 aliphatic carbocycles. The first-order chi connectivity index (χ1) is 14.3. The Hall–Kier alpha value is -3.59. The van der Waals surface area contributed by atoms with E-state index in [4.69, 9.17) is 4.42 Å². The van der Waals surface area contributed by atoms with Crippen molar-refractivity contribution in [3.8, 4) is 11.6 Å². The van der Waals surface area contributed by atoms with Crippen LogP contribution in [0.5, 0.6) is 0 Å². The molecule has 0 aliphatic rings. The number of aryl methyl sites for hydroxylation is 2. The van der Waals surface area contributed by atoms with Crippen LogP contribution in [0.15, 0.2) is 41.0 Å². The first kappa shape index (κ1) is 19.7. The number of fused-ring (bicyclic) bond motifs is 1. The van der Waals surface area contributed by atoms with E-state index in [0.29, 0.717) is 27.0 Å². The highest BCUT2D eigenvalue weighted by Crippen LogP contribution is 2.33. The van der Waals surface area contributed by atoms with E-state index in [2.05, 4.69) is 20.6 Å². The molecule has 0 radical (unpaired) electrons. The van der Waals surface area contributed by atoms with E-state index < -0.39 is 11.7 Å². The monoisotopic (exact) mass is 424 g/mol. The summed E-state index contributed by atoms with van der Waals surface area (Å²) in [6, 6.07) is 7.49. The highest BCUT2D eigenvalue weighted by molar-refractivity contribution is 7.20. The number of hydrogen-bond acceptors (Lipinski definition) is 6. The van der Waals surface area contributed by atoms with Crippen LogP contribution in [0.4, 0.5) is 15.8 Å². The van der Waals surface area contributed by atoms with E-state index in [-0.39, 0.29) is 11.6 Å². The molecule has 0 unspecified atom stereocenters. The summed E-state index contributed by atoms with van der Waals surface area (Å²) in [6.45, 7) is 5.00. The highest BCUT2D eigenvalue weighted by atomic mass is 32.1. The largest absolute Gasteiger partial charge is 0.461 e. The third kappa shape index (κ3) is 3.67. The van der Waals surface area contributed by atoms with Crippen LogP contribution in [-0.4, -0.2) is 21.8 Å². The van der Waals surface area contributed by atoms with Crippen LogP contribution in [-0.2, 0) is 4.79 Å². The molecule has 9 heteroatoms. The molecule has 4 rings (SSSR count). The molecule has 2 N–H and O–H groups in total. The summed E-state index contributed by atoms with van der Waals surface area (Å²) in [6.07, 6.45) is 1.54. The van der Waals surface area contributed by atoms with Gasteiger partial charge in [0.2, 0.25) is 5.91 Å². The average Bonchev–Trinajstić information content (AvgIpc) is 3.32. The van der Waals surface area contributed by atoms with E-state index in [1.54, 1.807) is 25.3 Å². The number of carbonyl (C=O) groups is 2. The van der Waals surface area contributed by atoms with Gasteiger partial charge in [-0.15, -0.1) is 11.3 Å². The first-order valence-electron chi connectivity index (χ1n) is 9.03. The van der Waals surface area contributed by atoms with E-state index in [1.807, 2.05) is 6.92 Å². The summed E-state index contributed by atoms with van der Waals surface area (Å²) < 4.78 is 19.6. The van der Waals surface area contributed by atoms with Crippen LogP contribution < -0.4 is 10.6 Å². The number of anilines is 2. The van der Waals surface area contributed by atoms with Gasteiger partial charge in [-0.1, -0.05) is 0 Å². The molecule has 4 aromatic rings. The predicted molar refractivity (Wildman–Crippen MR) is 113 cm³/mol. The summed E-state index contributed by atoms with van der Waals surface area (Å²) in [5.74, 6) is -0.387. The lowest BCUT2D eigenvalue weighted by atomic mass is 10.1. The molecule has 1 aromatic carbocycles. The Kier molecular flexibility index (Phi) is 5.04. The average molecular weight is 424 g/mol. The van der Waals surface area contributed by atoms with Crippen LogP contribution in [0.1, 0.15) is 27.9 Å². The van der Waals surface area contributed by atoms with Gasteiger partial charge in [-0.2, -0.15) is 0 Å². The van der Waals surface area contributed by atoms with Gasteiger partial charge >= 0.3 is 0 Å². The van der Waals surface area contributed by atoms with Crippen molar-refractivity contribution in [2.45, 2.75) is 20.8 Å². The Morgan fingerprint density at radius 1 is 1.13 bits per heavy atom. The third-order valence-corrected chi connectivity index (χ3v) is 5.64. The lowest BCUT2D eigenvalue weighted by Gasteiger charge is -2.09. The van der Waals surface area contributed by atoms with Gasteiger partial charge in [0, 0.05) is 18.0 Å². The Bertz CT molecular complexity index is 1280. The van der Waals surface area contributed by atoms with Crippen molar-refractivity contribution < 1.29 is 18.4 Å². The molecule has 0 spiro atoms. The van der Waals surface area contributed by atoms with Crippen molar-refractivity contribution in [3.63, 3.8) is 0 Å². The third-order valence-electron chi connectivity index (χ3n) is 4.45. The number of amides is 2. The zero-order chi connectivity index (χ0) is 21.4. The minimum atomic E-state index is -0.604. The van der Waals surface area contributed by atoms with Crippen molar-refractivity contribution in [2.75, 3.05) is 10.6 Å². The SMILES string of the molecule is CC(=O)Nc1ccc(F)c(NC(=O)c2sc3nc(-c4ccco4)nc(C)c3c2C)c1. The molecular weight excluding hydrogens is 407 g/mol. The van der Waals surface area contributed by atoms with Crippen molar-refractivity contribution in [2.24, 2.45) is 0 Å². The van der Waals surface area contributed by atoms with Gasteiger partial charge in [-0.25, -0.2) is 14.4 Å². The number of aromatic nitrogens is 2. The summed E-state index contributed by atoms with van der Waals surface area (Å²) in [7, 11) is 0. The fourth-order valence-corrected chi connectivity index (χ4v) is 4.28. The van der Waals surface area contributed by atoms with E-state index in [9.17, 15) is 14.0 Å². The fourth-order valence-electron chi connectivity index (χ4n) is 3.15. The molecule has 0 saturated carbocycles. The molecule has 0 bridgehead atoms. The lowest BCUT2D eigenvalue weighted by Crippen LogP contribution is -2.13. The Labute approximate surface area is 175 Å². The van der Waals surface area contributed by atoms with Gasteiger partial charge in [0.25, 0.3) is 5.91 Å². The van der Waals surface area contributed by atoms with E-state index in [1.165, 1.54) is 36.5 Å². The number of nitrogens with zero attached hydrogens (tertiary/aromatic N) is 2. The second kappa shape index (κ2) is 7.68. The molecule has 30 heavy (non-hydrogen) atoms. The first-order valence-corrected chi connectivity index (χ1v) is 9.85. The predicted octanol–water partition coefficient (Wildman–Crippen LogP) is 4.92. The van der Waals surface area contributed by atoms with Crippen LogP contribution >= 0.6 is 11.3 Å². The molecule has 7 nitrogen and oxygen atoms in total. The topological polar surface area (TPSA) is 97.1 Å². The molecule has 3 aromatic heterocycles. The Morgan fingerprint density at radius 2 is 1.93 bits per heavy atom. The van der Waals surface area contributed by atoms with E-state index in [0.717, 1.165) is 16.6 Å². The fraction of sp³-hybridized carbons (Fsp3) is 0.143. The zero-order valence-electron chi connectivity index (χ0n) is 16.4. The smallest absolute Gasteiger partial charge is 0.266 e. The normalized spacial score (nSPS) is 10.9. The van der Waals surface area contributed by atoms with Crippen LogP contribution in [0, 0.1) is 19.7 Å². The maximum atomic E-state index is 14.2. The molecule has 0 saturated heterocycles. The molecule has 0 fully saturated rings. The number of halogens is 1. The van der Waals surface area contributed by atoms with Gasteiger partial charge in [0.05, 0.1) is 22.5 Å². The minimum Gasteiger partial charge on any atom is -0.461 e. The van der Waals surface area contributed by atoms with Crippen molar-refractivity contribution in [1.29, 1.82) is 0 Å². The number of furan rings is 1. The Balaban J connectivity index is 1.70. The summed E-state index contributed by atoms with van der Waals surface area (Å²) in [4.78, 5) is 34.2. The highest BCUT2D eigenvalue weighted by Gasteiger charge is 2.21. The molecule has 0 atom stereocenters. The standard InChI is InChI=1S/C21H17FN4O3S/c1-10-17-11(2)23-19(16-5-4-8-29-16)26-21(17)30-18(10)20(28)25-15-9-13(24-12(3)27)6-7-14(15)22/h4-9H,1-3H3,(H,24,27)(H,25,28). The Morgan fingerprint density at radius 3 is 2.63 bits per heavy atom. The maximum Gasteiger partial charge on any atom is 0.266 e. The number of rotatable bonds is 4. The van der Waals surface area contributed by atoms with Gasteiger partial charge in [0.15, 0.2) is 11.6 Å². The number of thiophene rings is 1. The number of hydrogen-bond donors (Lipinski definition) is 2. The quantitative estimate of drug-likeness (QED) is 0.485. The van der Waals surface area contributed by atoms with Gasteiger partial charge in [-0.3, -0.25) is 9.59 Å². The second-order valence-corrected chi connectivity index (χ2v) is 7.68. The molecular formula is C21H17FN4O3S. The van der Waals surface area contributed by atoms with Crippen molar-refractivity contribution >= 4 is 44.7 Å². The van der Waals surface area contributed by atoms with Crippen molar-refractivity contribution in [1.82, 2.24) is 9.97 Å². The van der Waals surface area contributed by atoms with Crippen molar-refractivity contribution in [3.05, 3.63) is 58.5 Å². The van der Waals surface area contributed by atoms with Gasteiger partial charge in [-0.05, 0) is 49.7 Å². The zero-order valence-corrected chi connectivity index (χ0v) is 17.2. The lowest BCUT2D eigenvalue weighted by molar-refractivity contribution is -0.114. The maximum absolute atomic E-state index is 14.2. The molecule has 152 valence electrons. The number of nitrogens with one attached hydrogen (secondary N) is 2. The van der Waals surface area contributed by atoms with Crippen LogP contribution in [0.2, 0.25) is 0 Å². The van der Waals surface area contributed by atoms with Gasteiger partial charge < -0.3 is 15.1 Å². The minimum absolute atomic E-state index is 0.0258. The molecule has 2 amide bonds. The van der Waals surface area contributed by atoms with Crippen LogP contribution in [0.3, 0.4) is 0 Å². The number of carbonyl (C=O) groups excluding carboxylic acids is 2. The summed E-state index contributed by atoms with van der Waals surface area (Å²) in [5, 5.41) is 5.93. The summed E-state index contributed by atoms with van der Waals surface area (Å²) in [5.41, 5.74) is 1.80. The summed E-state index contributed by atoms with van der Waals surface area (Å²) >= 11 is 1.20. The van der Waals surface area contributed by atoms with Gasteiger partial charge in [0.1, 0.15) is 10.6 Å². The van der Waals surface area contributed by atoms with E-state index >= 15 is 0 Å². The molecule has 0 aliphatic heterocycles. The van der Waals surface area contributed by atoms with Crippen LogP contribution in [0.25, 0.3) is 21.8 Å². The molecule has 3 heterocycles. The second-order valence-electron chi connectivity index (χ2n) is 6.68. The number of benzene rings is 1.